The second kappa shape index (κ2) is 8.90. The molecule has 0 unspecified atom stereocenters. The van der Waals surface area contributed by atoms with E-state index < -0.39 is 0 Å². The van der Waals surface area contributed by atoms with E-state index in [-0.39, 0.29) is 17.7 Å². The maximum absolute atomic E-state index is 12.9. The highest BCUT2D eigenvalue weighted by molar-refractivity contribution is 5.94. The topological polar surface area (TPSA) is 91.0 Å². The van der Waals surface area contributed by atoms with Gasteiger partial charge in [-0.2, -0.15) is 5.10 Å². The lowest BCUT2D eigenvalue weighted by atomic mass is 9.96. The molecule has 0 radical (unpaired) electrons. The number of hydrogen-bond acceptors (Lipinski definition) is 4. The first kappa shape index (κ1) is 19.8. The van der Waals surface area contributed by atoms with Crippen LogP contribution in [-0.4, -0.2) is 45.0 Å². The fraction of sp³-hybridized carbons (Fsp3) is 0.304. The summed E-state index contributed by atoms with van der Waals surface area (Å²) < 4.78 is 0. The predicted molar refractivity (Wildman–Crippen MR) is 113 cm³/mol. The Hall–Kier alpha value is -3.48. The maximum atomic E-state index is 12.9. The molecule has 1 saturated heterocycles. The van der Waals surface area contributed by atoms with Crippen LogP contribution < -0.4 is 5.32 Å². The molecule has 1 atom stereocenters. The number of carbonyl (C=O) groups is 2. The van der Waals surface area contributed by atoms with Crippen molar-refractivity contribution in [1.29, 1.82) is 0 Å². The van der Waals surface area contributed by atoms with Crippen LogP contribution >= 0.6 is 0 Å². The average molecular weight is 403 g/mol. The minimum atomic E-state index is -0.199. The van der Waals surface area contributed by atoms with Gasteiger partial charge in [-0.05, 0) is 43.5 Å². The Morgan fingerprint density at radius 3 is 2.83 bits per heavy atom. The van der Waals surface area contributed by atoms with Crippen molar-refractivity contribution < 1.29 is 9.59 Å². The number of carbonyl (C=O) groups excluding carboxylic acids is 2. The predicted octanol–water partition coefficient (Wildman–Crippen LogP) is 2.95. The molecule has 0 aliphatic carbocycles. The highest BCUT2D eigenvalue weighted by Crippen LogP contribution is 2.21. The normalized spacial score (nSPS) is 16.3. The van der Waals surface area contributed by atoms with Crippen molar-refractivity contribution in [1.82, 2.24) is 25.4 Å². The van der Waals surface area contributed by atoms with Gasteiger partial charge in [0.15, 0.2) is 0 Å². The molecular formula is C23H25N5O2. The Morgan fingerprint density at radius 2 is 2.03 bits per heavy atom. The number of piperidine rings is 1. The van der Waals surface area contributed by atoms with Crippen LogP contribution in [0.1, 0.15) is 34.5 Å². The molecule has 2 N–H and O–H groups in total. The molecule has 2 aromatic heterocycles. The summed E-state index contributed by atoms with van der Waals surface area (Å²) in [5.41, 5.74) is 4.27. The van der Waals surface area contributed by atoms with Gasteiger partial charge in [0.25, 0.3) is 5.91 Å². The summed E-state index contributed by atoms with van der Waals surface area (Å²) in [4.78, 5) is 31.4. The van der Waals surface area contributed by atoms with Crippen LogP contribution in [0.3, 0.4) is 0 Å². The van der Waals surface area contributed by atoms with E-state index in [4.69, 9.17) is 0 Å². The molecule has 3 aromatic rings. The third-order valence-corrected chi connectivity index (χ3v) is 5.41. The molecule has 30 heavy (non-hydrogen) atoms. The smallest absolute Gasteiger partial charge is 0.271 e. The van der Waals surface area contributed by atoms with Gasteiger partial charge in [-0.3, -0.25) is 19.7 Å². The molecular weight excluding hydrogens is 378 g/mol. The van der Waals surface area contributed by atoms with Crippen LogP contribution in [0, 0.1) is 12.8 Å². The Bertz CT molecular complexity index is 1030. The SMILES string of the molecule is Cc1cccc(CNC(=O)[C@H]2CCCN(C(=O)c3cc(-c4ccncc4)n[nH]3)C2)c1. The molecule has 1 aliphatic rings. The molecule has 0 spiro atoms. The van der Waals surface area contributed by atoms with Crippen molar-refractivity contribution in [2.45, 2.75) is 26.3 Å². The van der Waals surface area contributed by atoms with Gasteiger partial charge in [0.05, 0.1) is 11.6 Å². The largest absolute Gasteiger partial charge is 0.352 e. The number of benzene rings is 1. The van der Waals surface area contributed by atoms with Gasteiger partial charge >= 0.3 is 0 Å². The molecule has 7 heteroatoms. The third-order valence-electron chi connectivity index (χ3n) is 5.41. The van der Waals surface area contributed by atoms with Crippen molar-refractivity contribution in [3.05, 3.63) is 71.7 Å². The quantitative estimate of drug-likeness (QED) is 0.685. The van der Waals surface area contributed by atoms with Crippen molar-refractivity contribution in [2.75, 3.05) is 13.1 Å². The Morgan fingerprint density at radius 1 is 1.20 bits per heavy atom. The van der Waals surface area contributed by atoms with Crippen LogP contribution in [-0.2, 0) is 11.3 Å². The standard InChI is InChI=1S/C23H25N5O2/c1-16-4-2-5-17(12-16)14-25-22(29)19-6-3-11-28(15-19)23(30)21-13-20(26-27-21)18-7-9-24-10-8-18/h2,4-5,7-10,12-13,19H,3,6,11,14-15H2,1H3,(H,25,29)(H,26,27)/t19-/m0/s1. The van der Waals surface area contributed by atoms with Crippen LogP contribution in [0.25, 0.3) is 11.3 Å². The molecule has 3 heterocycles. The summed E-state index contributed by atoms with van der Waals surface area (Å²) >= 11 is 0. The number of aromatic nitrogens is 3. The summed E-state index contributed by atoms with van der Waals surface area (Å²) in [5, 5.41) is 10.1. The number of amides is 2. The molecule has 1 aliphatic heterocycles. The fourth-order valence-corrected chi connectivity index (χ4v) is 3.80. The number of pyridine rings is 1. The number of likely N-dealkylation sites (tertiary alicyclic amines) is 1. The number of aromatic amines is 1. The number of H-pyrrole nitrogens is 1. The van der Waals surface area contributed by atoms with Gasteiger partial charge < -0.3 is 10.2 Å². The van der Waals surface area contributed by atoms with Gasteiger partial charge in [0.1, 0.15) is 5.69 Å². The number of nitrogens with one attached hydrogen (secondary N) is 2. The monoisotopic (exact) mass is 403 g/mol. The third kappa shape index (κ3) is 4.56. The lowest BCUT2D eigenvalue weighted by molar-refractivity contribution is -0.126. The highest BCUT2D eigenvalue weighted by Gasteiger charge is 2.29. The number of aryl methyl sites for hydroxylation is 1. The van der Waals surface area contributed by atoms with Crippen molar-refractivity contribution in [2.24, 2.45) is 5.92 Å². The first-order valence-electron chi connectivity index (χ1n) is 10.2. The number of nitrogens with zero attached hydrogens (tertiary/aromatic N) is 3. The van der Waals surface area contributed by atoms with Gasteiger partial charge in [-0.25, -0.2) is 0 Å². The van der Waals surface area contributed by atoms with E-state index in [0.717, 1.165) is 24.0 Å². The molecule has 7 nitrogen and oxygen atoms in total. The van der Waals surface area contributed by atoms with E-state index in [1.54, 1.807) is 23.4 Å². The number of rotatable bonds is 5. The Balaban J connectivity index is 1.37. The second-order valence-electron chi connectivity index (χ2n) is 7.70. The Labute approximate surface area is 175 Å². The summed E-state index contributed by atoms with van der Waals surface area (Å²) in [6, 6.07) is 13.5. The molecule has 154 valence electrons. The fourth-order valence-electron chi connectivity index (χ4n) is 3.80. The van der Waals surface area contributed by atoms with Crippen molar-refractivity contribution in [3.8, 4) is 11.3 Å². The molecule has 0 bridgehead atoms. The average Bonchev–Trinajstić information content (AvgIpc) is 3.28. The Kier molecular flexibility index (Phi) is 5.88. The summed E-state index contributed by atoms with van der Waals surface area (Å²) in [6.07, 6.45) is 4.97. The zero-order valence-electron chi connectivity index (χ0n) is 17.0. The van der Waals surface area contributed by atoms with Crippen molar-refractivity contribution >= 4 is 11.8 Å². The van der Waals surface area contributed by atoms with E-state index in [9.17, 15) is 9.59 Å². The first-order valence-corrected chi connectivity index (χ1v) is 10.2. The minimum absolute atomic E-state index is 0.00362. The molecule has 2 amide bonds. The number of hydrogen-bond donors (Lipinski definition) is 2. The zero-order valence-corrected chi connectivity index (χ0v) is 17.0. The van der Waals surface area contributed by atoms with Crippen molar-refractivity contribution in [3.63, 3.8) is 0 Å². The molecule has 0 saturated carbocycles. The molecule has 4 rings (SSSR count). The van der Waals surface area contributed by atoms with Gasteiger partial charge in [-0.1, -0.05) is 29.8 Å². The lowest BCUT2D eigenvalue weighted by Gasteiger charge is -2.31. The van der Waals surface area contributed by atoms with Gasteiger partial charge in [-0.15, -0.1) is 0 Å². The lowest BCUT2D eigenvalue weighted by Crippen LogP contribution is -2.45. The van der Waals surface area contributed by atoms with E-state index in [1.807, 2.05) is 37.3 Å². The second-order valence-corrected chi connectivity index (χ2v) is 7.70. The van der Waals surface area contributed by atoms with Gasteiger partial charge in [0.2, 0.25) is 5.91 Å². The van der Waals surface area contributed by atoms with Crippen LogP contribution in [0.2, 0.25) is 0 Å². The van der Waals surface area contributed by atoms with E-state index >= 15 is 0 Å². The molecule has 1 fully saturated rings. The van der Waals surface area contributed by atoms with Crippen LogP contribution in [0.4, 0.5) is 0 Å². The maximum Gasteiger partial charge on any atom is 0.271 e. The van der Waals surface area contributed by atoms with E-state index in [1.165, 1.54) is 5.56 Å². The first-order chi connectivity index (χ1) is 14.6. The highest BCUT2D eigenvalue weighted by atomic mass is 16.2. The van der Waals surface area contributed by atoms with Crippen LogP contribution in [0.5, 0.6) is 0 Å². The van der Waals surface area contributed by atoms with Gasteiger partial charge in [0, 0.05) is 37.6 Å². The van der Waals surface area contributed by atoms with E-state index in [2.05, 4.69) is 26.6 Å². The minimum Gasteiger partial charge on any atom is -0.352 e. The summed E-state index contributed by atoms with van der Waals surface area (Å²) in [5.74, 6) is -0.329. The van der Waals surface area contributed by atoms with Crippen LogP contribution in [0.15, 0.2) is 54.9 Å². The summed E-state index contributed by atoms with van der Waals surface area (Å²) in [6.45, 7) is 3.60. The molecule has 1 aromatic carbocycles. The zero-order chi connectivity index (χ0) is 20.9. The van der Waals surface area contributed by atoms with E-state index in [0.29, 0.717) is 31.0 Å². The summed E-state index contributed by atoms with van der Waals surface area (Å²) in [7, 11) is 0.